The molecule has 2 rings (SSSR count). The van der Waals surface area contributed by atoms with E-state index in [1.165, 1.54) is 0 Å². The first kappa shape index (κ1) is 22.4. The predicted octanol–water partition coefficient (Wildman–Crippen LogP) is 2.37. The normalized spacial score (nSPS) is 16.6. The summed E-state index contributed by atoms with van der Waals surface area (Å²) in [5.74, 6) is 5.26. The van der Waals surface area contributed by atoms with Crippen LogP contribution in [0.1, 0.15) is 12.0 Å². The maximum absolute atomic E-state index is 5.55. The topological polar surface area (TPSA) is 55.3 Å². The van der Waals surface area contributed by atoms with E-state index in [9.17, 15) is 0 Å². The average Bonchev–Trinajstić information content (AvgIpc) is 3.09. The summed E-state index contributed by atoms with van der Waals surface area (Å²) in [5.41, 5.74) is 1.07. The average molecular weight is 473 g/mol. The Morgan fingerprint density at radius 1 is 1.38 bits per heavy atom. The van der Waals surface area contributed by atoms with E-state index in [4.69, 9.17) is 20.6 Å². The second kappa shape index (κ2) is 11.9. The van der Waals surface area contributed by atoms with Gasteiger partial charge in [-0.25, -0.2) is 0 Å². The number of hydrogen-bond donors (Lipinski definition) is 1. The van der Waals surface area contributed by atoms with Gasteiger partial charge in [0.15, 0.2) is 17.5 Å². The summed E-state index contributed by atoms with van der Waals surface area (Å²) in [5, 5.41) is 3.41. The molecule has 7 heteroatoms. The number of guanidine groups is 1. The van der Waals surface area contributed by atoms with E-state index in [0.717, 1.165) is 37.6 Å². The number of ether oxygens (including phenoxy) is 3. The van der Waals surface area contributed by atoms with Gasteiger partial charge in [0.1, 0.15) is 6.61 Å². The largest absolute Gasteiger partial charge is 0.493 e. The first-order valence-electron chi connectivity index (χ1n) is 8.39. The summed E-state index contributed by atoms with van der Waals surface area (Å²) >= 11 is 0. The molecule has 0 radical (unpaired) electrons. The van der Waals surface area contributed by atoms with E-state index in [-0.39, 0.29) is 30.6 Å². The van der Waals surface area contributed by atoms with Crippen LogP contribution < -0.4 is 14.8 Å². The molecule has 1 aliphatic heterocycles. The van der Waals surface area contributed by atoms with Crippen molar-refractivity contribution in [1.82, 2.24) is 10.2 Å². The number of halogens is 1. The Bertz CT molecular complexity index is 631. The fourth-order valence-electron chi connectivity index (χ4n) is 2.97. The van der Waals surface area contributed by atoms with Gasteiger partial charge in [-0.3, -0.25) is 4.99 Å². The molecule has 1 unspecified atom stereocenters. The summed E-state index contributed by atoms with van der Waals surface area (Å²) in [6.45, 7) is 3.61. The van der Waals surface area contributed by atoms with Crippen molar-refractivity contribution in [3.63, 3.8) is 0 Å². The van der Waals surface area contributed by atoms with Gasteiger partial charge in [-0.15, -0.1) is 30.4 Å². The van der Waals surface area contributed by atoms with Gasteiger partial charge in [-0.05, 0) is 24.1 Å². The highest BCUT2D eigenvalue weighted by Crippen LogP contribution is 2.28. The van der Waals surface area contributed by atoms with Crippen LogP contribution in [-0.4, -0.2) is 58.4 Å². The number of methoxy groups -OCH3 is 2. The van der Waals surface area contributed by atoms with Crippen LogP contribution in [0, 0.1) is 18.3 Å². The van der Waals surface area contributed by atoms with Crippen molar-refractivity contribution >= 4 is 29.9 Å². The third-order valence-corrected chi connectivity index (χ3v) is 4.19. The second-order valence-electron chi connectivity index (χ2n) is 5.93. The van der Waals surface area contributed by atoms with E-state index in [0.29, 0.717) is 24.0 Å². The minimum absolute atomic E-state index is 0. The second-order valence-corrected chi connectivity index (χ2v) is 5.93. The minimum atomic E-state index is 0. The van der Waals surface area contributed by atoms with E-state index in [1.54, 1.807) is 14.2 Å². The molecule has 0 bridgehead atoms. The Balaban J connectivity index is 0.00000338. The predicted molar refractivity (Wildman–Crippen MR) is 114 cm³/mol. The van der Waals surface area contributed by atoms with Crippen LogP contribution in [0.15, 0.2) is 23.2 Å². The lowest BCUT2D eigenvalue weighted by Gasteiger charge is -2.22. The molecule has 1 fully saturated rings. The van der Waals surface area contributed by atoms with Crippen molar-refractivity contribution in [2.24, 2.45) is 10.9 Å². The lowest BCUT2D eigenvalue weighted by atomic mass is 10.1. The summed E-state index contributed by atoms with van der Waals surface area (Å²) in [7, 11) is 5.17. The molecular weight excluding hydrogens is 445 g/mol. The van der Waals surface area contributed by atoms with E-state index in [2.05, 4.69) is 21.1 Å². The van der Waals surface area contributed by atoms with Gasteiger partial charge in [0.25, 0.3) is 0 Å². The highest BCUT2D eigenvalue weighted by atomic mass is 127. The molecule has 1 heterocycles. The SMILES string of the molecule is C#CCOc1cc(CNC(=NC)N2CCC(COC)C2)ccc1OC.I. The standard InChI is InChI=1S/C19H27N3O3.HI/c1-5-10-25-18-11-15(6-7-17(18)24-4)12-21-19(20-2)22-9-8-16(13-22)14-23-3;/h1,6-7,11,16H,8-10,12-14H2,2-4H3,(H,20,21);1H. The molecule has 144 valence electrons. The Morgan fingerprint density at radius 3 is 2.85 bits per heavy atom. The third-order valence-electron chi connectivity index (χ3n) is 4.19. The molecule has 1 aliphatic rings. The summed E-state index contributed by atoms with van der Waals surface area (Å²) in [6, 6.07) is 5.82. The van der Waals surface area contributed by atoms with Crippen molar-refractivity contribution in [3.05, 3.63) is 23.8 Å². The molecule has 1 saturated heterocycles. The Morgan fingerprint density at radius 2 is 2.19 bits per heavy atom. The molecule has 0 amide bonds. The van der Waals surface area contributed by atoms with Crippen LogP contribution in [0.4, 0.5) is 0 Å². The number of rotatable bonds is 7. The first-order chi connectivity index (χ1) is 12.2. The zero-order valence-electron chi connectivity index (χ0n) is 15.7. The number of hydrogen-bond acceptors (Lipinski definition) is 4. The van der Waals surface area contributed by atoms with Gasteiger partial charge in [-0.2, -0.15) is 0 Å². The molecule has 0 aliphatic carbocycles. The maximum atomic E-state index is 5.55. The maximum Gasteiger partial charge on any atom is 0.193 e. The monoisotopic (exact) mass is 473 g/mol. The van der Waals surface area contributed by atoms with Crippen LogP contribution >= 0.6 is 24.0 Å². The van der Waals surface area contributed by atoms with Gasteiger partial charge in [0, 0.05) is 39.7 Å². The molecule has 1 atom stereocenters. The molecular formula is C19H28IN3O3. The molecule has 1 aromatic carbocycles. The summed E-state index contributed by atoms with van der Waals surface area (Å²) in [4.78, 5) is 6.66. The molecule has 26 heavy (non-hydrogen) atoms. The zero-order chi connectivity index (χ0) is 18.1. The van der Waals surface area contributed by atoms with Crippen molar-refractivity contribution in [1.29, 1.82) is 0 Å². The van der Waals surface area contributed by atoms with Gasteiger partial charge in [0.05, 0.1) is 13.7 Å². The summed E-state index contributed by atoms with van der Waals surface area (Å²) in [6.07, 6.45) is 6.39. The smallest absolute Gasteiger partial charge is 0.193 e. The Kier molecular flexibility index (Phi) is 10.2. The van der Waals surface area contributed by atoms with Crippen LogP contribution in [0.25, 0.3) is 0 Å². The highest BCUT2D eigenvalue weighted by molar-refractivity contribution is 14.0. The van der Waals surface area contributed by atoms with E-state index >= 15 is 0 Å². The van der Waals surface area contributed by atoms with Crippen molar-refractivity contribution in [2.75, 3.05) is 47.6 Å². The number of nitrogens with zero attached hydrogens (tertiary/aromatic N) is 2. The molecule has 6 nitrogen and oxygen atoms in total. The van der Waals surface area contributed by atoms with Crippen LogP contribution in [0.5, 0.6) is 11.5 Å². The first-order valence-corrected chi connectivity index (χ1v) is 8.39. The Labute approximate surface area is 173 Å². The van der Waals surface area contributed by atoms with Crippen LogP contribution in [0.3, 0.4) is 0 Å². The van der Waals surface area contributed by atoms with Crippen molar-refractivity contribution < 1.29 is 14.2 Å². The minimum Gasteiger partial charge on any atom is -0.493 e. The van der Waals surface area contributed by atoms with Crippen molar-refractivity contribution in [2.45, 2.75) is 13.0 Å². The van der Waals surface area contributed by atoms with Gasteiger partial charge in [-0.1, -0.05) is 12.0 Å². The number of terminal acetylenes is 1. The van der Waals surface area contributed by atoms with E-state index < -0.39 is 0 Å². The van der Waals surface area contributed by atoms with Crippen molar-refractivity contribution in [3.8, 4) is 23.8 Å². The van der Waals surface area contributed by atoms with Crippen LogP contribution in [-0.2, 0) is 11.3 Å². The Hall–Kier alpha value is -1.66. The molecule has 0 spiro atoms. The molecule has 0 aromatic heterocycles. The number of benzene rings is 1. The number of likely N-dealkylation sites (tertiary alicyclic amines) is 1. The summed E-state index contributed by atoms with van der Waals surface area (Å²) < 4.78 is 16.1. The third kappa shape index (κ3) is 6.25. The fraction of sp³-hybridized carbons (Fsp3) is 0.526. The fourth-order valence-corrected chi connectivity index (χ4v) is 2.97. The quantitative estimate of drug-likeness (QED) is 0.285. The lowest BCUT2D eigenvalue weighted by molar-refractivity contribution is 0.157. The van der Waals surface area contributed by atoms with Gasteiger partial charge < -0.3 is 24.4 Å². The molecule has 1 aromatic rings. The highest BCUT2D eigenvalue weighted by Gasteiger charge is 2.24. The molecule has 0 saturated carbocycles. The molecule has 1 N–H and O–H groups in total. The number of aliphatic imine (C=N–C) groups is 1. The number of nitrogens with one attached hydrogen (secondary N) is 1. The van der Waals surface area contributed by atoms with E-state index in [1.807, 2.05) is 25.2 Å². The lowest BCUT2D eigenvalue weighted by Crippen LogP contribution is -2.39. The van der Waals surface area contributed by atoms with Gasteiger partial charge in [0.2, 0.25) is 0 Å². The van der Waals surface area contributed by atoms with Gasteiger partial charge >= 0.3 is 0 Å². The van der Waals surface area contributed by atoms with Crippen LogP contribution in [0.2, 0.25) is 0 Å². The zero-order valence-corrected chi connectivity index (χ0v) is 18.0.